The molecule has 182 valence electrons. The summed E-state index contributed by atoms with van der Waals surface area (Å²) in [7, 11) is 1.63. The Kier molecular flexibility index (Phi) is 7.50. The third-order valence-corrected chi connectivity index (χ3v) is 5.37. The predicted octanol–water partition coefficient (Wildman–Crippen LogP) is 5.57. The second kappa shape index (κ2) is 10.9. The Bertz CT molecular complexity index is 1290. The van der Waals surface area contributed by atoms with E-state index in [1.807, 2.05) is 63.2 Å². The fourth-order valence-corrected chi connectivity index (χ4v) is 3.54. The molecule has 3 aromatic carbocycles. The summed E-state index contributed by atoms with van der Waals surface area (Å²) in [5, 5.41) is 12.2. The van der Waals surface area contributed by atoms with Crippen LogP contribution in [0.25, 0.3) is 16.7 Å². The number of amides is 1. The summed E-state index contributed by atoms with van der Waals surface area (Å²) in [6, 6.07) is 16.5. The van der Waals surface area contributed by atoms with Gasteiger partial charge in [0.05, 0.1) is 26.0 Å². The highest BCUT2D eigenvalue weighted by Crippen LogP contribution is 2.27. The summed E-state index contributed by atoms with van der Waals surface area (Å²) in [6.07, 6.45) is 1.75. The predicted molar refractivity (Wildman–Crippen MR) is 136 cm³/mol. The number of rotatable bonds is 10. The number of hydrogen-bond donors (Lipinski definition) is 1. The van der Waals surface area contributed by atoms with Crippen LogP contribution >= 0.6 is 0 Å². The molecule has 0 aliphatic carbocycles. The van der Waals surface area contributed by atoms with Crippen molar-refractivity contribution in [2.75, 3.05) is 25.6 Å². The highest BCUT2D eigenvalue weighted by Gasteiger charge is 2.14. The third kappa shape index (κ3) is 5.71. The van der Waals surface area contributed by atoms with Gasteiger partial charge in [0.1, 0.15) is 28.3 Å². The Labute approximate surface area is 204 Å². The number of benzene rings is 3. The van der Waals surface area contributed by atoms with Gasteiger partial charge in [-0.05, 0) is 73.9 Å². The van der Waals surface area contributed by atoms with E-state index in [1.54, 1.807) is 24.0 Å². The molecule has 0 bridgehead atoms. The van der Waals surface area contributed by atoms with Gasteiger partial charge in [-0.15, -0.1) is 10.2 Å². The lowest BCUT2D eigenvalue weighted by Gasteiger charge is -2.13. The summed E-state index contributed by atoms with van der Waals surface area (Å²) in [6.45, 7) is 7.14. The van der Waals surface area contributed by atoms with E-state index in [0.29, 0.717) is 41.5 Å². The van der Waals surface area contributed by atoms with Crippen LogP contribution in [0.5, 0.6) is 17.2 Å². The zero-order chi connectivity index (χ0) is 24.8. The molecule has 0 atom stereocenters. The number of aryl methyl sites for hydroxylation is 1. The molecular weight excluding hydrogens is 444 g/mol. The number of methoxy groups -OCH3 is 1. The van der Waals surface area contributed by atoms with Crippen LogP contribution in [0.15, 0.2) is 54.6 Å². The van der Waals surface area contributed by atoms with Crippen LogP contribution < -0.4 is 19.5 Å². The first kappa shape index (κ1) is 24.1. The van der Waals surface area contributed by atoms with Gasteiger partial charge in [0.15, 0.2) is 0 Å². The number of carbonyl (C=O) groups is 1. The number of fused-ring (bicyclic) bond motifs is 1. The van der Waals surface area contributed by atoms with Gasteiger partial charge in [-0.1, -0.05) is 13.8 Å². The summed E-state index contributed by atoms with van der Waals surface area (Å²) in [4.78, 5) is 14.7. The van der Waals surface area contributed by atoms with Crippen LogP contribution in [0.3, 0.4) is 0 Å². The Balaban J connectivity index is 1.59. The summed E-state index contributed by atoms with van der Waals surface area (Å²) < 4.78 is 16.8. The normalized spacial score (nSPS) is 10.9. The van der Waals surface area contributed by atoms with Crippen molar-refractivity contribution >= 4 is 22.6 Å². The monoisotopic (exact) mass is 474 g/mol. The molecule has 1 N–H and O–H groups in total. The van der Waals surface area contributed by atoms with Gasteiger partial charge in [0, 0.05) is 17.3 Å². The van der Waals surface area contributed by atoms with E-state index in [9.17, 15) is 4.79 Å². The van der Waals surface area contributed by atoms with Crippen molar-refractivity contribution in [3.63, 3.8) is 0 Å². The van der Waals surface area contributed by atoms with Gasteiger partial charge in [-0.2, -0.15) is 4.80 Å². The largest absolute Gasteiger partial charge is 0.497 e. The molecule has 0 aliphatic rings. The van der Waals surface area contributed by atoms with Crippen LogP contribution in [0.4, 0.5) is 5.69 Å². The van der Waals surface area contributed by atoms with Crippen molar-refractivity contribution < 1.29 is 19.0 Å². The highest BCUT2D eigenvalue weighted by molar-refractivity contribution is 6.06. The minimum absolute atomic E-state index is 0.252. The van der Waals surface area contributed by atoms with E-state index in [4.69, 9.17) is 14.2 Å². The van der Waals surface area contributed by atoms with Crippen LogP contribution in [0.2, 0.25) is 0 Å². The van der Waals surface area contributed by atoms with Crippen LogP contribution in [-0.2, 0) is 0 Å². The topological polar surface area (TPSA) is 87.5 Å². The van der Waals surface area contributed by atoms with Gasteiger partial charge >= 0.3 is 0 Å². The number of carbonyl (C=O) groups excluding carboxylic acids is 1. The van der Waals surface area contributed by atoms with Crippen molar-refractivity contribution in [2.45, 2.75) is 33.6 Å². The average molecular weight is 475 g/mol. The van der Waals surface area contributed by atoms with Gasteiger partial charge < -0.3 is 19.5 Å². The Morgan fingerprint density at radius 3 is 2.03 bits per heavy atom. The Morgan fingerprint density at radius 1 is 0.857 bits per heavy atom. The maximum atomic E-state index is 13.2. The maximum absolute atomic E-state index is 13.2. The number of ether oxygens (including phenoxy) is 3. The van der Waals surface area contributed by atoms with Gasteiger partial charge in [0.25, 0.3) is 5.91 Å². The lowest BCUT2D eigenvalue weighted by Crippen LogP contribution is -2.13. The SMILES string of the molecule is CCCOc1cc(OCCC)cc(C(=O)Nc2cc3nn(-c4ccc(OC)cc4)nc3cc2C)c1. The van der Waals surface area contributed by atoms with E-state index in [-0.39, 0.29) is 5.91 Å². The third-order valence-electron chi connectivity index (χ3n) is 5.37. The lowest BCUT2D eigenvalue weighted by atomic mass is 10.1. The average Bonchev–Trinajstić information content (AvgIpc) is 3.29. The number of hydrogen-bond acceptors (Lipinski definition) is 6. The summed E-state index contributed by atoms with van der Waals surface area (Å²) in [5.41, 5.74) is 4.24. The molecule has 1 amide bonds. The number of aromatic nitrogens is 3. The molecule has 8 nitrogen and oxygen atoms in total. The van der Waals surface area contributed by atoms with Gasteiger partial charge in [-0.3, -0.25) is 4.79 Å². The fourth-order valence-electron chi connectivity index (χ4n) is 3.54. The maximum Gasteiger partial charge on any atom is 0.255 e. The van der Waals surface area contributed by atoms with Crippen molar-refractivity contribution in [3.05, 3.63) is 65.7 Å². The minimum Gasteiger partial charge on any atom is -0.497 e. The molecule has 0 unspecified atom stereocenters. The fraction of sp³-hybridized carbons (Fsp3) is 0.296. The molecule has 1 aromatic heterocycles. The van der Waals surface area contributed by atoms with Crippen molar-refractivity contribution in [2.24, 2.45) is 0 Å². The Morgan fingerprint density at radius 2 is 1.46 bits per heavy atom. The van der Waals surface area contributed by atoms with Crippen LogP contribution in [0, 0.1) is 6.92 Å². The smallest absolute Gasteiger partial charge is 0.255 e. The number of nitrogens with zero attached hydrogens (tertiary/aromatic N) is 3. The molecule has 1 heterocycles. The van der Waals surface area contributed by atoms with E-state index in [2.05, 4.69) is 15.5 Å². The zero-order valence-corrected chi connectivity index (χ0v) is 20.5. The summed E-state index contributed by atoms with van der Waals surface area (Å²) >= 11 is 0. The first-order valence-electron chi connectivity index (χ1n) is 11.7. The molecule has 0 spiro atoms. The quantitative estimate of drug-likeness (QED) is 0.323. The minimum atomic E-state index is -0.252. The Hall–Kier alpha value is -4.07. The molecule has 35 heavy (non-hydrogen) atoms. The van der Waals surface area contributed by atoms with Crippen molar-refractivity contribution in [3.8, 4) is 22.9 Å². The van der Waals surface area contributed by atoms with Crippen LogP contribution in [-0.4, -0.2) is 41.2 Å². The number of anilines is 1. The molecule has 0 aliphatic heterocycles. The van der Waals surface area contributed by atoms with Gasteiger partial charge in [0.2, 0.25) is 0 Å². The van der Waals surface area contributed by atoms with E-state index in [0.717, 1.165) is 35.4 Å². The molecule has 8 heteroatoms. The van der Waals surface area contributed by atoms with E-state index in [1.165, 1.54) is 0 Å². The molecular formula is C27H30N4O4. The van der Waals surface area contributed by atoms with E-state index >= 15 is 0 Å². The molecule has 4 rings (SSSR count). The zero-order valence-electron chi connectivity index (χ0n) is 20.5. The second-order valence-corrected chi connectivity index (χ2v) is 8.19. The van der Waals surface area contributed by atoms with Crippen molar-refractivity contribution in [1.29, 1.82) is 0 Å². The molecule has 4 aromatic rings. The highest BCUT2D eigenvalue weighted by atomic mass is 16.5. The molecule has 0 radical (unpaired) electrons. The lowest BCUT2D eigenvalue weighted by molar-refractivity contribution is 0.102. The molecule has 0 saturated carbocycles. The number of nitrogens with one attached hydrogen (secondary N) is 1. The van der Waals surface area contributed by atoms with E-state index < -0.39 is 0 Å². The molecule has 0 saturated heterocycles. The first-order valence-corrected chi connectivity index (χ1v) is 11.7. The first-order chi connectivity index (χ1) is 17.0. The van der Waals surface area contributed by atoms with Crippen molar-refractivity contribution in [1.82, 2.24) is 15.0 Å². The van der Waals surface area contributed by atoms with Crippen LogP contribution in [0.1, 0.15) is 42.6 Å². The molecule has 0 fully saturated rings. The second-order valence-electron chi connectivity index (χ2n) is 8.19. The van der Waals surface area contributed by atoms with Gasteiger partial charge in [-0.25, -0.2) is 0 Å². The summed E-state index contributed by atoms with van der Waals surface area (Å²) in [5.74, 6) is 1.73. The standard InChI is InChI=1S/C27H30N4O4/c1-5-11-34-22-14-19(15-23(16-22)35-12-6-2)27(32)28-24-17-26-25(13-18(24)3)29-31(30-26)20-7-9-21(33-4)10-8-20/h7-10,13-17H,5-6,11-12H2,1-4H3,(H,28,32).